The third-order valence-electron chi connectivity index (χ3n) is 3.84. The molecule has 112 valence electrons. The highest BCUT2D eigenvalue weighted by Gasteiger charge is 2.54. The van der Waals surface area contributed by atoms with Crippen LogP contribution in [0.4, 0.5) is 13.2 Å². The van der Waals surface area contributed by atoms with Gasteiger partial charge in [0.15, 0.2) is 0 Å². The van der Waals surface area contributed by atoms with Crippen LogP contribution in [0.5, 0.6) is 0 Å². The van der Waals surface area contributed by atoms with Crippen molar-refractivity contribution in [3.05, 3.63) is 29.7 Å². The van der Waals surface area contributed by atoms with E-state index in [9.17, 15) is 18.3 Å². The fourth-order valence-corrected chi connectivity index (χ4v) is 2.65. The highest BCUT2D eigenvalue weighted by atomic mass is 19.4. The van der Waals surface area contributed by atoms with E-state index in [2.05, 4.69) is 15.3 Å². The van der Waals surface area contributed by atoms with Crippen molar-refractivity contribution in [3.8, 4) is 11.3 Å². The molecule has 0 amide bonds. The van der Waals surface area contributed by atoms with E-state index in [1.807, 2.05) is 0 Å². The predicted octanol–water partition coefficient (Wildman–Crippen LogP) is 2.23. The second kappa shape index (κ2) is 4.27. The topological polar surface area (TPSA) is 63.8 Å². The van der Waals surface area contributed by atoms with Crippen LogP contribution in [0.15, 0.2) is 18.5 Å². The molecular formula is C13H13F3N4O. The van der Waals surface area contributed by atoms with Crippen LogP contribution in [-0.4, -0.2) is 31.3 Å². The number of rotatable bonds is 1. The number of aliphatic hydroxyl groups is 1. The lowest BCUT2D eigenvalue weighted by Crippen LogP contribution is -2.42. The van der Waals surface area contributed by atoms with Gasteiger partial charge in [-0.15, -0.1) is 0 Å². The molecule has 1 aliphatic heterocycles. The summed E-state index contributed by atoms with van der Waals surface area (Å²) >= 11 is 0. The summed E-state index contributed by atoms with van der Waals surface area (Å²) in [5, 5.41) is 21.3. The van der Waals surface area contributed by atoms with Crippen molar-refractivity contribution in [1.82, 2.24) is 20.0 Å². The predicted molar refractivity (Wildman–Crippen MR) is 67.3 cm³/mol. The fraction of sp³-hybridized carbons (Fsp3) is 0.462. The number of alkyl halides is 3. The molecule has 2 atom stereocenters. The maximum absolute atomic E-state index is 13.1. The smallest absolute Gasteiger partial charge is 0.375 e. The zero-order chi connectivity index (χ0) is 15.4. The molecule has 0 saturated carbocycles. The molecule has 1 aliphatic rings. The molecule has 0 fully saturated rings. The number of halogens is 3. The third kappa shape index (κ3) is 1.93. The number of aromatic nitrogens is 4. The van der Waals surface area contributed by atoms with Crippen LogP contribution in [0.3, 0.4) is 0 Å². The van der Waals surface area contributed by atoms with Gasteiger partial charge < -0.3 is 5.11 Å². The summed E-state index contributed by atoms with van der Waals surface area (Å²) in [5.41, 5.74) is -1.90. The molecule has 0 radical (unpaired) electrons. The quantitative estimate of drug-likeness (QED) is 0.877. The van der Waals surface area contributed by atoms with E-state index in [1.54, 1.807) is 23.9 Å². The molecule has 0 aromatic carbocycles. The first kappa shape index (κ1) is 14.0. The van der Waals surface area contributed by atoms with Gasteiger partial charge in [-0.2, -0.15) is 28.5 Å². The van der Waals surface area contributed by atoms with Gasteiger partial charge in [0.1, 0.15) is 5.69 Å². The average molecular weight is 298 g/mol. The van der Waals surface area contributed by atoms with Gasteiger partial charge in [0.25, 0.3) is 0 Å². The van der Waals surface area contributed by atoms with E-state index in [4.69, 9.17) is 0 Å². The molecule has 0 aliphatic carbocycles. The molecule has 8 heteroatoms. The number of hydrogen-bond donors (Lipinski definition) is 1. The monoisotopic (exact) mass is 298 g/mol. The first-order valence-corrected chi connectivity index (χ1v) is 6.41. The standard InChI is InChI=1S/C13H13F3N4O/c1-7-6-20-9(3-4-18-20)8-5-17-19-11(10(7)8)12(2,21)13(14,15)16/h3-5,7,21H,6H2,1-2H3/t7-,12+/m1/s1. The van der Waals surface area contributed by atoms with Crippen LogP contribution >= 0.6 is 0 Å². The minimum Gasteiger partial charge on any atom is -0.375 e. The van der Waals surface area contributed by atoms with Crippen molar-refractivity contribution in [1.29, 1.82) is 0 Å². The van der Waals surface area contributed by atoms with Crippen LogP contribution in [0, 0.1) is 0 Å². The Morgan fingerprint density at radius 1 is 1.38 bits per heavy atom. The Bertz CT molecular complexity index is 693. The van der Waals surface area contributed by atoms with E-state index in [0.717, 1.165) is 0 Å². The molecule has 1 N–H and O–H groups in total. The van der Waals surface area contributed by atoms with Crippen molar-refractivity contribution >= 4 is 0 Å². The Morgan fingerprint density at radius 3 is 2.76 bits per heavy atom. The SMILES string of the molecule is C[C@@H]1Cn2nccc2-c2cnnc([C@](C)(O)C(F)(F)F)c21. The van der Waals surface area contributed by atoms with Crippen LogP contribution in [0.1, 0.15) is 31.0 Å². The van der Waals surface area contributed by atoms with Crippen LogP contribution in [0.25, 0.3) is 11.3 Å². The summed E-state index contributed by atoms with van der Waals surface area (Å²) in [5.74, 6) is -0.258. The number of fused-ring (bicyclic) bond motifs is 3. The minimum atomic E-state index is -4.83. The van der Waals surface area contributed by atoms with E-state index >= 15 is 0 Å². The molecule has 3 rings (SSSR count). The molecule has 5 nitrogen and oxygen atoms in total. The highest BCUT2D eigenvalue weighted by Crippen LogP contribution is 2.44. The summed E-state index contributed by atoms with van der Waals surface area (Å²) < 4.78 is 41.1. The molecule has 3 heterocycles. The van der Waals surface area contributed by atoms with Crippen molar-refractivity contribution in [2.75, 3.05) is 0 Å². The van der Waals surface area contributed by atoms with Crippen molar-refractivity contribution in [2.24, 2.45) is 0 Å². The van der Waals surface area contributed by atoms with Crippen molar-refractivity contribution < 1.29 is 18.3 Å². The molecular weight excluding hydrogens is 285 g/mol. The molecule has 2 aromatic heterocycles. The van der Waals surface area contributed by atoms with E-state index in [0.29, 0.717) is 30.3 Å². The van der Waals surface area contributed by atoms with Gasteiger partial charge in [-0.1, -0.05) is 6.92 Å². The second-order valence-corrected chi connectivity index (χ2v) is 5.39. The van der Waals surface area contributed by atoms with Gasteiger partial charge in [-0.25, -0.2) is 0 Å². The van der Waals surface area contributed by atoms with Gasteiger partial charge in [-0.05, 0) is 18.6 Å². The average Bonchev–Trinajstić information content (AvgIpc) is 2.85. The van der Waals surface area contributed by atoms with Gasteiger partial charge in [0.2, 0.25) is 5.60 Å². The summed E-state index contributed by atoms with van der Waals surface area (Å²) in [7, 11) is 0. The Labute approximate surface area is 118 Å². The lowest BCUT2D eigenvalue weighted by atomic mass is 9.85. The molecule has 0 saturated heterocycles. The Kier molecular flexibility index (Phi) is 2.84. The van der Waals surface area contributed by atoms with Gasteiger partial charge in [0.05, 0.1) is 11.9 Å². The molecule has 21 heavy (non-hydrogen) atoms. The fourth-order valence-electron chi connectivity index (χ4n) is 2.65. The van der Waals surface area contributed by atoms with E-state index in [1.165, 1.54) is 6.20 Å². The molecule has 2 aromatic rings. The van der Waals surface area contributed by atoms with Crippen molar-refractivity contribution in [2.45, 2.75) is 38.1 Å². The Hall–Kier alpha value is -1.96. The number of hydrogen-bond acceptors (Lipinski definition) is 4. The summed E-state index contributed by atoms with van der Waals surface area (Å²) in [4.78, 5) is 0. The Morgan fingerprint density at radius 2 is 2.10 bits per heavy atom. The Balaban J connectivity index is 2.26. The van der Waals surface area contributed by atoms with Crippen molar-refractivity contribution in [3.63, 3.8) is 0 Å². The lowest BCUT2D eigenvalue weighted by molar-refractivity contribution is -0.260. The minimum absolute atomic E-state index is 0.258. The third-order valence-corrected chi connectivity index (χ3v) is 3.84. The largest absolute Gasteiger partial charge is 0.422 e. The molecule has 0 spiro atoms. The summed E-state index contributed by atoms with van der Waals surface area (Å²) in [6.07, 6.45) is -1.83. The molecule has 0 unspecified atom stereocenters. The first-order valence-electron chi connectivity index (χ1n) is 6.41. The zero-order valence-electron chi connectivity index (χ0n) is 11.4. The van der Waals surface area contributed by atoms with Crippen LogP contribution in [-0.2, 0) is 12.1 Å². The maximum Gasteiger partial charge on any atom is 0.422 e. The molecule has 0 bridgehead atoms. The lowest BCUT2D eigenvalue weighted by Gasteiger charge is -2.32. The van der Waals surface area contributed by atoms with Crippen LogP contribution < -0.4 is 0 Å². The summed E-state index contributed by atoms with van der Waals surface area (Å²) in [6, 6.07) is 1.71. The highest BCUT2D eigenvalue weighted by molar-refractivity contribution is 5.66. The van der Waals surface area contributed by atoms with Gasteiger partial charge >= 0.3 is 6.18 Å². The zero-order valence-corrected chi connectivity index (χ0v) is 11.4. The normalized spacial score (nSPS) is 20.6. The van der Waals surface area contributed by atoms with Gasteiger partial charge in [-0.3, -0.25) is 4.68 Å². The second-order valence-electron chi connectivity index (χ2n) is 5.39. The van der Waals surface area contributed by atoms with E-state index < -0.39 is 17.5 Å². The first-order chi connectivity index (χ1) is 9.73. The number of nitrogens with zero attached hydrogens (tertiary/aromatic N) is 4. The van der Waals surface area contributed by atoms with Crippen LogP contribution in [0.2, 0.25) is 0 Å². The van der Waals surface area contributed by atoms with Gasteiger partial charge in [0, 0.05) is 24.2 Å². The van der Waals surface area contributed by atoms with E-state index in [-0.39, 0.29) is 5.92 Å². The maximum atomic E-state index is 13.1. The summed E-state index contributed by atoms with van der Waals surface area (Å²) in [6.45, 7) is 2.92.